The number of aryl methyl sites for hydroxylation is 2. The van der Waals surface area contributed by atoms with Gasteiger partial charge in [0.2, 0.25) is 0 Å². The minimum Gasteiger partial charge on any atom is -0.147 e. The van der Waals surface area contributed by atoms with Gasteiger partial charge in [0, 0.05) is 0 Å². The first-order valence-electron chi connectivity index (χ1n) is 17.3. The van der Waals surface area contributed by atoms with Gasteiger partial charge in [-0.1, -0.05) is 0 Å². The molecule has 16 heteroatoms. The van der Waals surface area contributed by atoms with Crippen LogP contribution in [0.5, 0.6) is 0 Å². The average molecular weight is 949 g/mol. The zero-order chi connectivity index (χ0) is 41.0. The van der Waals surface area contributed by atoms with Crippen molar-refractivity contribution in [3.63, 3.8) is 0 Å². The molecule has 2 aliphatic rings. The van der Waals surface area contributed by atoms with Gasteiger partial charge in [-0.25, -0.2) is 0 Å². The molecule has 2 aliphatic carbocycles. The Labute approximate surface area is 337 Å². The molecule has 0 amide bonds. The summed E-state index contributed by atoms with van der Waals surface area (Å²) in [7, 11) is 0. The van der Waals surface area contributed by atoms with Gasteiger partial charge < -0.3 is 0 Å². The van der Waals surface area contributed by atoms with Gasteiger partial charge in [-0.15, -0.1) is 24.8 Å². The number of halogens is 14. The largest absolute Gasteiger partial charge is 0.147 e. The Morgan fingerprint density at radius 1 is 0.509 bits per heavy atom. The molecule has 0 bridgehead atoms. The first-order chi connectivity index (χ1) is 25.0. The monoisotopic (exact) mass is 946 g/mol. The second-order valence-corrected chi connectivity index (χ2v) is 46.5. The molecular formula is C41H38Cl2F12SiZr. The fraction of sp³-hybridized carbons (Fsp3) is 0.317. The molecule has 0 aromatic heterocycles. The normalized spacial score (nSPS) is 17.3. The Hall–Kier alpha value is -2.80. The number of hydrogen-bond acceptors (Lipinski definition) is 0. The summed E-state index contributed by atoms with van der Waals surface area (Å²) in [4.78, 5) is 0. The van der Waals surface area contributed by atoms with Crippen molar-refractivity contribution in [3.05, 3.63) is 127 Å². The summed E-state index contributed by atoms with van der Waals surface area (Å²) < 4.78 is 171. The van der Waals surface area contributed by atoms with E-state index in [1.54, 1.807) is 26.0 Å². The molecule has 0 aliphatic heterocycles. The predicted molar refractivity (Wildman–Crippen MR) is 205 cm³/mol. The van der Waals surface area contributed by atoms with Gasteiger partial charge in [0.05, 0.1) is 0 Å². The first kappa shape index (κ1) is 46.9. The van der Waals surface area contributed by atoms with E-state index in [1.807, 2.05) is 45.0 Å². The van der Waals surface area contributed by atoms with Crippen LogP contribution in [0.15, 0.2) is 71.8 Å². The van der Waals surface area contributed by atoms with E-state index in [9.17, 15) is 52.7 Å². The van der Waals surface area contributed by atoms with E-state index in [1.165, 1.54) is 0 Å². The van der Waals surface area contributed by atoms with E-state index in [0.717, 1.165) is 46.5 Å². The molecule has 0 N–H and O–H groups in total. The maximum absolute atomic E-state index is 14.0. The SMILES string of the molecule is CCC1=Cc2c(-c3cc(C(F)(F)F)cc(C(F)(F)F)c3)cc(C)cc2[CH]1[Zr]([CH3])([CH3])(=[SiH2])[CH]1C(C)=Cc2c(-c3cc(C(F)(F)F)cc(C(F)(F)F)c3)cc(C)cc21.Cl.Cl. The standard InChI is InChI=1S/C20H15F6.C19H13F6.2CH3.2ClH.H2Si.Zr/c1-3-12-6-13-4-11(2)5-17(18(13)7-12)14-8-15(19(21,22)23)10-16(9-14)20(24,25)26;1-10-3-12-4-11(2)6-17(16(12)5-10)13-7-14(18(20,21)22)9-15(8-13)19(23,24)25;;;;;;/h4-10H,3H2,1-2H3;3-9H,1-2H3;2*1H3;2*1H;1H2;. The summed E-state index contributed by atoms with van der Waals surface area (Å²) >= 11 is -4.53. The molecule has 0 saturated carbocycles. The minimum atomic E-state index is -5.04. The predicted octanol–water partition coefficient (Wildman–Crippen LogP) is 14.9. The summed E-state index contributed by atoms with van der Waals surface area (Å²) in [6, 6.07) is 10.1. The van der Waals surface area contributed by atoms with Gasteiger partial charge in [0.25, 0.3) is 0 Å². The molecule has 0 nitrogen and oxygen atoms in total. The molecule has 57 heavy (non-hydrogen) atoms. The zero-order valence-corrected chi connectivity index (χ0v) is 36.9. The van der Waals surface area contributed by atoms with Crippen molar-refractivity contribution in [1.29, 1.82) is 0 Å². The van der Waals surface area contributed by atoms with E-state index in [0.29, 0.717) is 28.7 Å². The van der Waals surface area contributed by atoms with Gasteiger partial charge in [-0.05, 0) is 0 Å². The van der Waals surface area contributed by atoms with E-state index < -0.39 is 64.4 Å². The molecule has 0 fully saturated rings. The molecule has 308 valence electrons. The van der Waals surface area contributed by atoms with Crippen LogP contribution in [0.4, 0.5) is 52.7 Å². The maximum Gasteiger partial charge on any atom is -0.147 e. The van der Waals surface area contributed by atoms with Crippen LogP contribution >= 0.6 is 24.8 Å². The second-order valence-electron chi connectivity index (χ2n) is 16.0. The van der Waals surface area contributed by atoms with Crippen LogP contribution in [0.25, 0.3) is 34.4 Å². The second kappa shape index (κ2) is 15.0. The number of fused-ring (bicyclic) bond motifs is 2. The maximum atomic E-state index is 14.0. The van der Waals surface area contributed by atoms with Crippen molar-refractivity contribution in [2.24, 2.45) is 0 Å². The van der Waals surface area contributed by atoms with Crippen molar-refractivity contribution in [3.8, 4) is 22.3 Å². The Morgan fingerprint density at radius 2 is 0.842 bits per heavy atom. The van der Waals surface area contributed by atoms with Crippen molar-refractivity contribution in [2.75, 3.05) is 0 Å². The third kappa shape index (κ3) is 8.62. The summed E-state index contributed by atoms with van der Waals surface area (Å²) in [6.07, 6.45) is -15.9. The third-order valence-electron chi connectivity index (χ3n) is 11.0. The minimum absolute atomic E-state index is 0. The van der Waals surface area contributed by atoms with Crippen molar-refractivity contribution >= 4 is 43.8 Å². The molecular weight excluding hydrogens is 911 g/mol. The fourth-order valence-electron chi connectivity index (χ4n) is 9.03. The van der Waals surface area contributed by atoms with Crippen LogP contribution in [-0.4, -0.2) is 6.88 Å². The van der Waals surface area contributed by atoms with E-state index in [2.05, 4.69) is 9.26 Å². The van der Waals surface area contributed by atoms with Gasteiger partial charge in [0.1, 0.15) is 0 Å². The zero-order valence-electron chi connectivity index (χ0n) is 31.3. The van der Waals surface area contributed by atoms with Crippen LogP contribution in [0, 0.1) is 13.8 Å². The Kier molecular flexibility index (Phi) is 12.4. The van der Waals surface area contributed by atoms with Crippen LogP contribution in [0.2, 0.25) is 9.26 Å². The van der Waals surface area contributed by atoms with Gasteiger partial charge in [-0.3, -0.25) is 0 Å². The Morgan fingerprint density at radius 3 is 1.18 bits per heavy atom. The van der Waals surface area contributed by atoms with Gasteiger partial charge in [-0.2, -0.15) is 0 Å². The molecule has 6 rings (SSSR count). The topological polar surface area (TPSA) is 0 Å². The van der Waals surface area contributed by atoms with Crippen LogP contribution in [0.3, 0.4) is 0 Å². The summed E-state index contributed by atoms with van der Waals surface area (Å²) in [6.45, 7) is 9.16. The molecule has 0 heterocycles. The summed E-state index contributed by atoms with van der Waals surface area (Å²) in [5.41, 5.74) is -0.000463. The number of hydrogen-bond donors (Lipinski definition) is 0. The van der Waals surface area contributed by atoms with Crippen LogP contribution < -0.4 is 0 Å². The molecule has 4 aromatic carbocycles. The number of benzene rings is 4. The molecule has 2 atom stereocenters. The van der Waals surface area contributed by atoms with Crippen LogP contribution in [-0.2, 0) is 42.1 Å². The third-order valence-corrected chi connectivity index (χ3v) is 28.7. The quantitative estimate of drug-likeness (QED) is 0.138. The summed E-state index contributed by atoms with van der Waals surface area (Å²) in [5.74, 6) is 0. The molecule has 4 aromatic rings. The first-order valence-corrected chi connectivity index (χ1v) is 31.0. The number of rotatable bonds is 5. The van der Waals surface area contributed by atoms with Crippen molar-refractivity contribution < 1.29 is 70.1 Å². The van der Waals surface area contributed by atoms with Gasteiger partial charge >= 0.3 is 314 Å². The van der Waals surface area contributed by atoms with Crippen molar-refractivity contribution in [1.82, 2.24) is 0 Å². The molecule has 0 radical (unpaired) electrons. The fourth-order valence-corrected chi connectivity index (χ4v) is 29.7. The van der Waals surface area contributed by atoms with Crippen molar-refractivity contribution in [2.45, 2.75) is 75.3 Å². The van der Waals surface area contributed by atoms with E-state index in [-0.39, 0.29) is 66.5 Å². The number of allylic oxidation sites excluding steroid dienone is 2. The smallest absolute Gasteiger partial charge is 0.147 e. The van der Waals surface area contributed by atoms with Gasteiger partial charge in [0.15, 0.2) is 0 Å². The Balaban J connectivity index is 0.00000360. The molecule has 0 spiro atoms. The average Bonchev–Trinajstić information content (AvgIpc) is 3.60. The summed E-state index contributed by atoms with van der Waals surface area (Å²) in [5, 5.41) is 0. The van der Waals surface area contributed by atoms with E-state index in [4.69, 9.17) is 0 Å². The molecule has 0 saturated heterocycles. The Bertz CT molecular complexity index is 2330. The van der Waals surface area contributed by atoms with E-state index >= 15 is 0 Å². The molecule has 2 unspecified atom stereocenters. The van der Waals surface area contributed by atoms with Crippen LogP contribution in [0.1, 0.15) is 83.2 Å². The number of alkyl halides is 12.